The Morgan fingerprint density at radius 3 is 3.07 bits per heavy atom. The summed E-state index contributed by atoms with van der Waals surface area (Å²) in [7, 11) is 1.71. The third-order valence-corrected chi connectivity index (χ3v) is 2.40. The number of rotatable bonds is 2. The molecular weight excluding hydrogens is 194 g/mol. The number of anilines is 2. The van der Waals surface area contributed by atoms with Crippen molar-refractivity contribution in [2.45, 2.75) is 6.54 Å². The molecule has 0 spiro atoms. The van der Waals surface area contributed by atoms with E-state index in [0.717, 1.165) is 16.9 Å². The largest absolute Gasteiger partial charge is 0.334 e. The summed E-state index contributed by atoms with van der Waals surface area (Å²) in [4.78, 5) is 23.1. The summed E-state index contributed by atoms with van der Waals surface area (Å²) in [6, 6.07) is 5.32. The Labute approximate surface area is 87.1 Å². The van der Waals surface area contributed by atoms with Gasteiger partial charge in [-0.1, -0.05) is 0 Å². The summed E-state index contributed by atoms with van der Waals surface area (Å²) < 4.78 is 0. The summed E-state index contributed by atoms with van der Waals surface area (Å²) in [6.45, 7) is 0.493. The number of fused-ring (bicyclic) bond motifs is 1. The number of benzene rings is 1. The smallest absolute Gasteiger partial charge is 0.321 e. The number of carbonyl (C=O) groups excluding carboxylic acids is 2. The molecule has 1 aliphatic rings. The van der Waals surface area contributed by atoms with Gasteiger partial charge in [-0.25, -0.2) is 4.79 Å². The summed E-state index contributed by atoms with van der Waals surface area (Å²) >= 11 is 0. The first kappa shape index (κ1) is 9.51. The minimum Gasteiger partial charge on any atom is -0.334 e. The number of hydrogen-bond donors (Lipinski definition) is 2. The molecule has 1 heterocycles. The van der Waals surface area contributed by atoms with Gasteiger partial charge in [0.25, 0.3) is 0 Å². The lowest BCUT2D eigenvalue weighted by Gasteiger charge is -2.26. The zero-order valence-electron chi connectivity index (χ0n) is 8.28. The molecule has 0 unspecified atom stereocenters. The van der Waals surface area contributed by atoms with Crippen molar-refractivity contribution in [1.82, 2.24) is 5.32 Å². The molecular formula is C10H11N3O2. The molecule has 0 saturated heterocycles. The summed E-state index contributed by atoms with van der Waals surface area (Å²) in [5.41, 5.74) is 2.59. The van der Waals surface area contributed by atoms with E-state index < -0.39 is 0 Å². The summed E-state index contributed by atoms with van der Waals surface area (Å²) in [6.07, 6.45) is 0.632. The Bertz CT molecular complexity index is 417. The van der Waals surface area contributed by atoms with Gasteiger partial charge in [-0.3, -0.25) is 9.69 Å². The Hall–Kier alpha value is -2.04. The predicted octanol–water partition coefficient (Wildman–Crippen LogP) is 0.914. The third-order valence-electron chi connectivity index (χ3n) is 2.40. The van der Waals surface area contributed by atoms with Crippen molar-refractivity contribution in [2.24, 2.45) is 0 Å². The van der Waals surface area contributed by atoms with Gasteiger partial charge in [-0.2, -0.15) is 0 Å². The molecule has 5 heteroatoms. The Kier molecular flexibility index (Phi) is 2.29. The minimum atomic E-state index is -0.112. The van der Waals surface area contributed by atoms with E-state index >= 15 is 0 Å². The molecule has 0 bridgehead atoms. The quantitative estimate of drug-likeness (QED) is 0.705. The molecule has 1 aromatic carbocycles. The highest BCUT2D eigenvalue weighted by atomic mass is 16.2. The zero-order valence-corrected chi connectivity index (χ0v) is 8.28. The van der Waals surface area contributed by atoms with Gasteiger partial charge >= 0.3 is 6.03 Å². The van der Waals surface area contributed by atoms with Crippen LogP contribution < -0.4 is 15.5 Å². The van der Waals surface area contributed by atoms with Crippen LogP contribution in [0.4, 0.5) is 16.2 Å². The van der Waals surface area contributed by atoms with Crippen LogP contribution in [0.3, 0.4) is 0 Å². The fourth-order valence-corrected chi connectivity index (χ4v) is 1.61. The first-order valence-electron chi connectivity index (χ1n) is 4.57. The van der Waals surface area contributed by atoms with Gasteiger partial charge < -0.3 is 10.6 Å². The standard InChI is InChI=1S/C10H11N3O2/c1-13-9-3-2-8(12-6-14)4-7(9)5-11-10(13)15/h2-4,6H,5H2,1H3,(H,11,15)(H,12,14). The number of amides is 3. The van der Waals surface area contributed by atoms with Gasteiger partial charge in [0.15, 0.2) is 0 Å². The van der Waals surface area contributed by atoms with Crippen LogP contribution in [0.15, 0.2) is 18.2 Å². The van der Waals surface area contributed by atoms with Crippen LogP contribution in [-0.2, 0) is 11.3 Å². The van der Waals surface area contributed by atoms with E-state index in [-0.39, 0.29) is 6.03 Å². The van der Waals surface area contributed by atoms with Crippen LogP contribution in [0.2, 0.25) is 0 Å². The number of hydrogen-bond acceptors (Lipinski definition) is 2. The van der Waals surface area contributed by atoms with Crippen molar-refractivity contribution in [3.8, 4) is 0 Å². The van der Waals surface area contributed by atoms with Crippen LogP contribution in [0.5, 0.6) is 0 Å². The van der Waals surface area contributed by atoms with E-state index in [2.05, 4.69) is 10.6 Å². The van der Waals surface area contributed by atoms with Crippen LogP contribution in [0, 0.1) is 0 Å². The van der Waals surface area contributed by atoms with Gasteiger partial charge in [0.1, 0.15) is 0 Å². The Balaban J connectivity index is 2.37. The zero-order chi connectivity index (χ0) is 10.8. The first-order chi connectivity index (χ1) is 7.22. The van der Waals surface area contributed by atoms with E-state index in [4.69, 9.17) is 0 Å². The van der Waals surface area contributed by atoms with Gasteiger partial charge in [0.05, 0.1) is 5.69 Å². The van der Waals surface area contributed by atoms with Crippen LogP contribution in [0.1, 0.15) is 5.56 Å². The van der Waals surface area contributed by atoms with E-state index in [0.29, 0.717) is 13.0 Å². The van der Waals surface area contributed by atoms with Gasteiger partial charge in [0, 0.05) is 19.3 Å². The highest BCUT2D eigenvalue weighted by Crippen LogP contribution is 2.25. The van der Waals surface area contributed by atoms with E-state index in [1.54, 1.807) is 18.0 Å². The first-order valence-corrected chi connectivity index (χ1v) is 4.57. The van der Waals surface area contributed by atoms with Crippen molar-refractivity contribution in [3.63, 3.8) is 0 Å². The third kappa shape index (κ3) is 1.63. The molecule has 0 atom stereocenters. The topological polar surface area (TPSA) is 61.4 Å². The molecule has 78 valence electrons. The highest BCUT2D eigenvalue weighted by molar-refractivity contribution is 5.94. The average molecular weight is 205 g/mol. The minimum absolute atomic E-state index is 0.112. The molecule has 1 aliphatic heterocycles. The predicted molar refractivity (Wildman–Crippen MR) is 56.8 cm³/mol. The number of nitrogens with zero attached hydrogens (tertiary/aromatic N) is 1. The maximum absolute atomic E-state index is 11.3. The Morgan fingerprint density at radius 2 is 2.33 bits per heavy atom. The van der Waals surface area contributed by atoms with Crippen LogP contribution >= 0.6 is 0 Å². The molecule has 15 heavy (non-hydrogen) atoms. The molecule has 0 aliphatic carbocycles. The summed E-state index contributed by atoms with van der Waals surface area (Å²) in [5.74, 6) is 0. The molecule has 1 aromatic rings. The molecule has 0 radical (unpaired) electrons. The molecule has 0 fully saturated rings. The lowest BCUT2D eigenvalue weighted by atomic mass is 10.1. The maximum atomic E-state index is 11.3. The molecule has 3 amide bonds. The van der Waals surface area contributed by atoms with Crippen LogP contribution in [0.25, 0.3) is 0 Å². The Morgan fingerprint density at radius 1 is 1.53 bits per heavy atom. The molecule has 0 aromatic heterocycles. The van der Waals surface area contributed by atoms with E-state index in [1.165, 1.54) is 0 Å². The molecule has 0 saturated carbocycles. The monoisotopic (exact) mass is 205 g/mol. The maximum Gasteiger partial charge on any atom is 0.321 e. The van der Waals surface area contributed by atoms with Crippen molar-refractivity contribution in [1.29, 1.82) is 0 Å². The second-order valence-corrected chi connectivity index (χ2v) is 3.32. The fourth-order valence-electron chi connectivity index (χ4n) is 1.61. The fraction of sp³-hybridized carbons (Fsp3) is 0.200. The SMILES string of the molecule is CN1C(=O)NCc2cc(NC=O)ccc21. The van der Waals surface area contributed by atoms with Crippen molar-refractivity contribution in [2.75, 3.05) is 17.3 Å². The average Bonchev–Trinajstić information content (AvgIpc) is 2.24. The lowest BCUT2D eigenvalue weighted by molar-refractivity contribution is -0.105. The second-order valence-electron chi connectivity index (χ2n) is 3.32. The van der Waals surface area contributed by atoms with Crippen molar-refractivity contribution in [3.05, 3.63) is 23.8 Å². The second kappa shape index (κ2) is 3.61. The lowest BCUT2D eigenvalue weighted by Crippen LogP contribution is -2.41. The number of urea groups is 1. The normalized spacial score (nSPS) is 14.2. The van der Waals surface area contributed by atoms with Gasteiger partial charge in [-0.05, 0) is 23.8 Å². The molecule has 5 nitrogen and oxygen atoms in total. The highest BCUT2D eigenvalue weighted by Gasteiger charge is 2.19. The molecule has 2 rings (SSSR count). The van der Waals surface area contributed by atoms with Gasteiger partial charge in [-0.15, -0.1) is 0 Å². The number of carbonyl (C=O) groups is 2. The number of nitrogens with one attached hydrogen (secondary N) is 2. The van der Waals surface area contributed by atoms with Crippen molar-refractivity contribution >= 4 is 23.8 Å². The van der Waals surface area contributed by atoms with Gasteiger partial charge in [0.2, 0.25) is 6.41 Å². The molecule has 2 N–H and O–H groups in total. The van der Waals surface area contributed by atoms with Crippen LogP contribution in [-0.4, -0.2) is 19.5 Å². The van der Waals surface area contributed by atoms with Crippen molar-refractivity contribution < 1.29 is 9.59 Å². The van der Waals surface area contributed by atoms with E-state index in [1.807, 2.05) is 12.1 Å². The summed E-state index contributed by atoms with van der Waals surface area (Å²) in [5, 5.41) is 5.30. The van der Waals surface area contributed by atoms with E-state index in [9.17, 15) is 9.59 Å².